The Morgan fingerprint density at radius 3 is 1.77 bits per heavy atom. The molecule has 0 aromatic heterocycles. The molecule has 13 heavy (non-hydrogen) atoms. The molecule has 1 fully saturated rings. The van der Waals surface area contributed by atoms with E-state index in [1.54, 1.807) is 0 Å². The van der Waals surface area contributed by atoms with Crippen LogP contribution in [0.2, 0.25) is 0 Å². The fourth-order valence-corrected chi connectivity index (χ4v) is 0.829. The summed E-state index contributed by atoms with van der Waals surface area (Å²) in [5, 5.41) is 0. The van der Waals surface area contributed by atoms with Crippen molar-refractivity contribution in [1.82, 2.24) is 0 Å². The van der Waals surface area contributed by atoms with Crippen LogP contribution in [0.1, 0.15) is 34.6 Å². The van der Waals surface area contributed by atoms with Crippen LogP contribution in [0.3, 0.4) is 0 Å². The van der Waals surface area contributed by atoms with Crippen LogP contribution in [0.4, 0.5) is 0 Å². The maximum atomic E-state index is 10.5. The van der Waals surface area contributed by atoms with E-state index in [4.69, 9.17) is 9.47 Å². The largest absolute Gasteiger partial charge is 0.349 e. The lowest BCUT2D eigenvalue weighted by Gasteiger charge is -2.38. The average Bonchev–Trinajstić information content (AvgIpc) is 2.14. The highest BCUT2D eigenvalue weighted by molar-refractivity contribution is 5.59. The van der Waals surface area contributed by atoms with Crippen molar-refractivity contribution < 1.29 is 14.3 Å². The maximum Gasteiger partial charge on any atom is 0.162 e. The van der Waals surface area contributed by atoms with Gasteiger partial charge in [-0.3, -0.25) is 0 Å². The third-order valence-electron chi connectivity index (χ3n) is 1.78. The molecule has 1 rings (SSSR count). The molecule has 0 amide bonds. The fourth-order valence-electron chi connectivity index (χ4n) is 0.829. The highest BCUT2D eigenvalue weighted by atomic mass is 16.7. The van der Waals surface area contributed by atoms with Crippen LogP contribution in [-0.2, 0) is 14.3 Å². The Morgan fingerprint density at radius 1 is 1.08 bits per heavy atom. The molecule has 3 nitrogen and oxygen atoms in total. The third kappa shape index (κ3) is 3.87. The Morgan fingerprint density at radius 2 is 1.46 bits per heavy atom. The zero-order chi connectivity index (χ0) is 10.5. The van der Waals surface area contributed by atoms with E-state index >= 15 is 0 Å². The van der Waals surface area contributed by atoms with E-state index in [1.165, 1.54) is 0 Å². The lowest BCUT2D eigenvalue weighted by Crippen LogP contribution is -2.45. The molecule has 0 saturated carbocycles. The lowest BCUT2D eigenvalue weighted by atomic mass is 9.94. The zero-order valence-corrected chi connectivity index (χ0v) is 9.22. The van der Waals surface area contributed by atoms with E-state index in [2.05, 4.69) is 0 Å². The van der Waals surface area contributed by atoms with Gasteiger partial charge >= 0.3 is 0 Å². The van der Waals surface area contributed by atoms with Crippen molar-refractivity contribution >= 4 is 6.29 Å². The highest BCUT2D eigenvalue weighted by Gasteiger charge is 2.36. The number of ether oxygens (including phenoxy) is 2. The molecular formula is C10H20O3. The van der Waals surface area contributed by atoms with Crippen LogP contribution in [0.5, 0.6) is 0 Å². The molecule has 78 valence electrons. The molecule has 1 heterocycles. The minimum atomic E-state index is -0.525. The van der Waals surface area contributed by atoms with Crippen LogP contribution < -0.4 is 0 Å². The van der Waals surface area contributed by atoms with Gasteiger partial charge in [-0.1, -0.05) is 13.8 Å². The number of carbonyl (C=O) groups excluding carboxylic acids is 1. The van der Waals surface area contributed by atoms with Crippen molar-refractivity contribution in [1.29, 1.82) is 0 Å². The minimum absolute atomic E-state index is 0.448. The van der Waals surface area contributed by atoms with Crippen molar-refractivity contribution in [3.8, 4) is 0 Å². The van der Waals surface area contributed by atoms with Crippen LogP contribution >= 0.6 is 0 Å². The van der Waals surface area contributed by atoms with Crippen molar-refractivity contribution in [2.75, 3.05) is 13.2 Å². The topological polar surface area (TPSA) is 35.5 Å². The predicted molar refractivity (Wildman–Crippen MR) is 51.5 cm³/mol. The van der Waals surface area contributed by atoms with E-state index in [0.717, 1.165) is 6.29 Å². The first kappa shape index (κ1) is 12.6. The number of carbonyl (C=O) groups is 1. The number of aldehydes is 1. The molecule has 1 aliphatic heterocycles. The molecule has 0 bridgehead atoms. The van der Waals surface area contributed by atoms with Gasteiger partial charge in [0, 0.05) is 0 Å². The number of hydrogen-bond acceptors (Lipinski definition) is 3. The van der Waals surface area contributed by atoms with Gasteiger partial charge in [0.05, 0.1) is 18.6 Å². The molecule has 0 radical (unpaired) electrons. The van der Waals surface area contributed by atoms with Gasteiger partial charge in [-0.05, 0) is 20.8 Å². The normalized spacial score (nSPS) is 24.1. The van der Waals surface area contributed by atoms with E-state index in [1.807, 2.05) is 34.6 Å². The van der Waals surface area contributed by atoms with Gasteiger partial charge in [0.15, 0.2) is 5.79 Å². The second-order valence-corrected chi connectivity index (χ2v) is 3.75. The van der Waals surface area contributed by atoms with Gasteiger partial charge in [0.2, 0.25) is 0 Å². The van der Waals surface area contributed by atoms with Gasteiger partial charge in [-0.2, -0.15) is 0 Å². The summed E-state index contributed by atoms with van der Waals surface area (Å²) in [4.78, 5) is 10.5. The van der Waals surface area contributed by atoms with E-state index in [9.17, 15) is 4.79 Å². The van der Waals surface area contributed by atoms with E-state index < -0.39 is 11.2 Å². The SMILES string of the molecule is CC.CC1(C=O)COC(C)(C)OC1. The summed E-state index contributed by atoms with van der Waals surface area (Å²) >= 11 is 0. The van der Waals surface area contributed by atoms with Gasteiger partial charge in [-0.25, -0.2) is 0 Å². The van der Waals surface area contributed by atoms with Crippen LogP contribution in [-0.4, -0.2) is 25.3 Å². The first-order valence-electron chi connectivity index (χ1n) is 4.72. The summed E-state index contributed by atoms with van der Waals surface area (Å²) in [5.41, 5.74) is -0.449. The summed E-state index contributed by atoms with van der Waals surface area (Å²) in [6.07, 6.45) is 0.891. The predicted octanol–water partition coefficient (Wildman–Crippen LogP) is 2.00. The van der Waals surface area contributed by atoms with E-state index in [0.29, 0.717) is 13.2 Å². The Kier molecular flexibility index (Phi) is 4.57. The van der Waals surface area contributed by atoms with Gasteiger partial charge in [0.25, 0.3) is 0 Å². The van der Waals surface area contributed by atoms with Crippen LogP contribution in [0.25, 0.3) is 0 Å². The maximum absolute atomic E-state index is 10.5. The molecule has 0 aromatic carbocycles. The summed E-state index contributed by atoms with van der Waals surface area (Å²) in [7, 11) is 0. The Bertz CT molecular complexity index is 154. The first-order valence-corrected chi connectivity index (χ1v) is 4.72. The summed E-state index contributed by atoms with van der Waals surface area (Å²) in [5.74, 6) is -0.525. The molecule has 0 unspecified atom stereocenters. The molecule has 1 saturated heterocycles. The van der Waals surface area contributed by atoms with E-state index in [-0.39, 0.29) is 0 Å². The standard InChI is InChI=1S/C8H14O3.C2H6/c1-7(2)10-5-8(3,4-9)6-11-7;1-2/h4H,5-6H2,1-3H3;1-2H3. The Balaban J connectivity index is 0.000000671. The smallest absolute Gasteiger partial charge is 0.162 e. The highest BCUT2D eigenvalue weighted by Crippen LogP contribution is 2.27. The van der Waals surface area contributed by atoms with Crippen molar-refractivity contribution in [2.24, 2.45) is 5.41 Å². The molecule has 1 aliphatic rings. The van der Waals surface area contributed by atoms with Crippen LogP contribution in [0.15, 0.2) is 0 Å². The molecule has 0 N–H and O–H groups in total. The third-order valence-corrected chi connectivity index (χ3v) is 1.78. The molecule has 3 heteroatoms. The monoisotopic (exact) mass is 188 g/mol. The summed E-state index contributed by atoms with van der Waals surface area (Å²) < 4.78 is 10.6. The average molecular weight is 188 g/mol. The van der Waals surface area contributed by atoms with Crippen LogP contribution in [0, 0.1) is 5.41 Å². The van der Waals surface area contributed by atoms with Crippen molar-refractivity contribution in [2.45, 2.75) is 40.4 Å². The second kappa shape index (κ2) is 4.72. The second-order valence-electron chi connectivity index (χ2n) is 3.75. The molecule has 0 aromatic rings. The van der Waals surface area contributed by atoms with Gasteiger partial charge < -0.3 is 14.3 Å². The van der Waals surface area contributed by atoms with Gasteiger partial charge in [0.1, 0.15) is 6.29 Å². The van der Waals surface area contributed by atoms with Crippen molar-refractivity contribution in [3.05, 3.63) is 0 Å². The Hall–Kier alpha value is -0.410. The molecule has 0 aliphatic carbocycles. The Labute approximate surface area is 80.4 Å². The fraction of sp³-hybridized carbons (Fsp3) is 0.900. The number of rotatable bonds is 1. The summed E-state index contributed by atoms with van der Waals surface area (Å²) in [6.45, 7) is 10.4. The van der Waals surface area contributed by atoms with Gasteiger partial charge in [-0.15, -0.1) is 0 Å². The zero-order valence-electron chi connectivity index (χ0n) is 9.22. The summed E-state index contributed by atoms with van der Waals surface area (Å²) in [6, 6.07) is 0. The molecule has 0 atom stereocenters. The lowest BCUT2D eigenvalue weighted by molar-refractivity contribution is -0.274. The number of hydrogen-bond donors (Lipinski definition) is 0. The molecule has 0 spiro atoms. The van der Waals surface area contributed by atoms with Crippen molar-refractivity contribution in [3.63, 3.8) is 0 Å². The first-order chi connectivity index (χ1) is 5.97. The minimum Gasteiger partial charge on any atom is -0.349 e. The molecular weight excluding hydrogens is 168 g/mol. The quantitative estimate of drug-likeness (QED) is 0.590.